The molecule has 1 unspecified atom stereocenters. The van der Waals surface area contributed by atoms with Crippen molar-refractivity contribution < 1.29 is 19.4 Å². The molecule has 7 heteroatoms. The van der Waals surface area contributed by atoms with Gasteiger partial charge in [-0.15, -0.1) is 0 Å². The molecule has 25 heavy (non-hydrogen) atoms. The Bertz CT molecular complexity index is 751. The number of amides is 1. The van der Waals surface area contributed by atoms with Crippen LogP contribution in [-0.2, 0) is 4.79 Å². The van der Waals surface area contributed by atoms with E-state index in [0.29, 0.717) is 24.7 Å². The highest BCUT2D eigenvalue weighted by molar-refractivity contribution is 5.93. The van der Waals surface area contributed by atoms with Crippen LogP contribution in [0.5, 0.6) is 5.75 Å². The van der Waals surface area contributed by atoms with Crippen LogP contribution in [0.25, 0.3) is 0 Å². The lowest BCUT2D eigenvalue weighted by Gasteiger charge is -2.18. The number of anilines is 1. The molecule has 7 nitrogen and oxygen atoms in total. The van der Waals surface area contributed by atoms with Gasteiger partial charge in [0.05, 0.1) is 0 Å². The van der Waals surface area contributed by atoms with E-state index in [1.54, 1.807) is 29.3 Å². The predicted molar refractivity (Wildman–Crippen MR) is 91.7 cm³/mol. The number of carbonyl (C=O) groups is 2. The fourth-order valence-electron chi connectivity index (χ4n) is 2.74. The summed E-state index contributed by atoms with van der Waals surface area (Å²) in [5, 5.41) is 12.3. The van der Waals surface area contributed by atoms with Crippen LogP contribution >= 0.6 is 0 Å². The summed E-state index contributed by atoms with van der Waals surface area (Å²) >= 11 is 0. The standard InChI is InChI=1S/C18H19N3O4/c22-16(12-25-14-5-2-1-3-6-14)21-10-8-13(11-21)20-17-15(18(23)24)7-4-9-19-17/h1-7,9,13H,8,10-12H2,(H,19,20)(H,23,24). The molecule has 130 valence electrons. The lowest BCUT2D eigenvalue weighted by Crippen LogP contribution is -2.35. The Labute approximate surface area is 145 Å². The normalized spacial score (nSPS) is 16.5. The zero-order valence-corrected chi connectivity index (χ0v) is 13.6. The highest BCUT2D eigenvalue weighted by Crippen LogP contribution is 2.18. The van der Waals surface area contributed by atoms with Gasteiger partial charge in [-0.3, -0.25) is 4.79 Å². The number of carbonyl (C=O) groups excluding carboxylic acids is 1. The van der Waals surface area contributed by atoms with E-state index in [2.05, 4.69) is 10.3 Å². The SMILES string of the molecule is O=C(O)c1cccnc1NC1CCN(C(=O)COc2ccccc2)C1. The molecule has 0 saturated carbocycles. The molecule has 1 aliphatic rings. The van der Waals surface area contributed by atoms with Gasteiger partial charge in [0.2, 0.25) is 0 Å². The molecule has 2 heterocycles. The molecular formula is C18H19N3O4. The Kier molecular flexibility index (Phi) is 5.13. The van der Waals surface area contributed by atoms with Crippen molar-refractivity contribution in [2.45, 2.75) is 12.5 Å². The maximum atomic E-state index is 12.3. The molecule has 0 aliphatic carbocycles. The molecule has 0 bridgehead atoms. The number of aromatic nitrogens is 1. The number of likely N-dealkylation sites (tertiary alicyclic amines) is 1. The summed E-state index contributed by atoms with van der Waals surface area (Å²) in [4.78, 5) is 29.3. The molecule has 1 aromatic carbocycles. The van der Waals surface area contributed by atoms with E-state index in [1.165, 1.54) is 6.07 Å². The maximum absolute atomic E-state index is 12.3. The van der Waals surface area contributed by atoms with Gasteiger partial charge in [0.15, 0.2) is 6.61 Å². The summed E-state index contributed by atoms with van der Waals surface area (Å²) < 4.78 is 5.48. The molecule has 2 N–H and O–H groups in total. The summed E-state index contributed by atoms with van der Waals surface area (Å²) in [5.41, 5.74) is 0.125. The second kappa shape index (κ2) is 7.65. The summed E-state index contributed by atoms with van der Waals surface area (Å²) in [6.07, 6.45) is 2.27. The van der Waals surface area contributed by atoms with Crippen molar-refractivity contribution in [2.24, 2.45) is 0 Å². The molecule has 0 radical (unpaired) electrons. The van der Waals surface area contributed by atoms with E-state index in [9.17, 15) is 14.7 Å². The number of nitrogens with one attached hydrogen (secondary N) is 1. The highest BCUT2D eigenvalue weighted by atomic mass is 16.5. The van der Waals surface area contributed by atoms with Gasteiger partial charge in [-0.25, -0.2) is 9.78 Å². The summed E-state index contributed by atoms with van der Waals surface area (Å²) in [6, 6.07) is 12.2. The van der Waals surface area contributed by atoms with Crippen molar-refractivity contribution in [1.29, 1.82) is 0 Å². The molecule has 1 saturated heterocycles. The zero-order chi connectivity index (χ0) is 17.6. The number of ether oxygens (including phenoxy) is 1. The summed E-state index contributed by atoms with van der Waals surface area (Å²) in [6.45, 7) is 1.08. The number of pyridine rings is 1. The number of hydrogen-bond acceptors (Lipinski definition) is 5. The van der Waals surface area contributed by atoms with Gasteiger partial charge in [-0.1, -0.05) is 18.2 Å². The zero-order valence-electron chi connectivity index (χ0n) is 13.6. The van der Waals surface area contributed by atoms with Gasteiger partial charge in [0.25, 0.3) is 5.91 Å². The number of carboxylic acid groups (broad SMARTS) is 1. The third-order valence-corrected chi connectivity index (χ3v) is 4.03. The second-order valence-corrected chi connectivity index (χ2v) is 5.78. The van der Waals surface area contributed by atoms with Gasteiger partial charge >= 0.3 is 5.97 Å². The number of benzene rings is 1. The van der Waals surface area contributed by atoms with Crippen LogP contribution in [0.3, 0.4) is 0 Å². The smallest absolute Gasteiger partial charge is 0.339 e. The van der Waals surface area contributed by atoms with E-state index in [1.807, 2.05) is 18.2 Å². The first kappa shape index (κ1) is 16.8. The highest BCUT2D eigenvalue weighted by Gasteiger charge is 2.27. The summed E-state index contributed by atoms with van der Waals surface area (Å²) in [7, 11) is 0. The van der Waals surface area contributed by atoms with E-state index >= 15 is 0 Å². The number of aromatic carboxylic acids is 1. The average molecular weight is 341 g/mol. The molecule has 2 aromatic rings. The molecule has 1 amide bonds. The van der Waals surface area contributed by atoms with Crippen molar-refractivity contribution in [3.8, 4) is 5.75 Å². The molecule has 1 fully saturated rings. The molecular weight excluding hydrogens is 322 g/mol. The number of nitrogens with zero attached hydrogens (tertiary/aromatic N) is 2. The van der Waals surface area contributed by atoms with Crippen LogP contribution in [0.1, 0.15) is 16.8 Å². The Morgan fingerprint density at radius 2 is 2.04 bits per heavy atom. The fourth-order valence-corrected chi connectivity index (χ4v) is 2.74. The van der Waals surface area contributed by atoms with Crippen LogP contribution in [0.2, 0.25) is 0 Å². The van der Waals surface area contributed by atoms with Crippen LogP contribution in [-0.4, -0.2) is 52.6 Å². The van der Waals surface area contributed by atoms with Crippen LogP contribution in [0.15, 0.2) is 48.7 Å². The van der Waals surface area contributed by atoms with Gasteiger partial charge < -0.3 is 20.1 Å². The minimum absolute atomic E-state index is 0.0132. The van der Waals surface area contributed by atoms with Crippen LogP contribution in [0.4, 0.5) is 5.82 Å². The monoisotopic (exact) mass is 341 g/mol. The molecule has 3 rings (SSSR count). The Morgan fingerprint density at radius 1 is 1.24 bits per heavy atom. The van der Waals surface area contributed by atoms with E-state index in [0.717, 1.165) is 6.42 Å². The Morgan fingerprint density at radius 3 is 2.80 bits per heavy atom. The van der Waals surface area contributed by atoms with Crippen molar-refractivity contribution in [3.05, 3.63) is 54.2 Å². The maximum Gasteiger partial charge on any atom is 0.339 e. The third kappa shape index (κ3) is 4.26. The average Bonchev–Trinajstić information content (AvgIpc) is 3.09. The van der Waals surface area contributed by atoms with E-state index < -0.39 is 5.97 Å². The van der Waals surface area contributed by atoms with Gasteiger partial charge in [0, 0.05) is 25.3 Å². The van der Waals surface area contributed by atoms with Gasteiger partial charge in [0.1, 0.15) is 17.1 Å². The molecule has 1 aromatic heterocycles. The third-order valence-electron chi connectivity index (χ3n) is 4.03. The van der Waals surface area contributed by atoms with Crippen LogP contribution < -0.4 is 10.1 Å². The second-order valence-electron chi connectivity index (χ2n) is 5.78. The lowest BCUT2D eigenvalue weighted by molar-refractivity contribution is -0.132. The topological polar surface area (TPSA) is 91.8 Å². The van der Waals surface area contributed by atoms with Gasteiger partial charge in [-0.2, -0.15) is 0 Å². The first-order chi connectivity index (χ1) is 12.1. The Hall–Kier alpha value is -3.09. The fraction of sp³-hybridized carbons (Fsp3) is 0.278. The molecule has 0 spiro atoms. The van der Waals surface area contributed by atoms with Crippen molar-refractivity contribution in [1.82, 2.24) is 9.88 Å². The first-order valence-electron chi connectivity index (χ1n) is 8.04. The first-order valence-corrected chi connectivity index (χ1v) is 8.04. The number of carboxylic acids is 1. The molecule has 1 aliphatic heterocycles. The van der Waals surface area contributed by atoms with E-state index in [4.69, 9.17) is 4.74 Å². The largest absolute Gasteiger partial charge is 0.484 e. The number of para-hydroxylation sites is 1. The minimum atomic E-state index is -1.03. The predicted octanol–water partition coefficient (Wildman–Crippen LogP) is 1.87. The molecule has 1 atom stereocenters. The minimum Gasteiger partial charge on any atom is -0.484 e. The van der Waals surface area contributed by atoms with Crippen molar-refractivity contribution in [3.63, 3.8) is 0 Å². The lowest BCUT2D eigenvalue weighted by atomic mass is 10.2. The van der Waals surface area contributed by atoms with Crippen LogP contribution in [0, 0.1) is 0 Å². The van der Waals surface area contributed by atoms with Crippen molar-refractivity contribution >= 4 is 17.7 Å². The van der Waals surface area contributed by atoms with Gasteiger partial charge in [-0.05, 0) is 30.7 Å². The Balaban J connectivity index is 1.53. The quantitative estimate of drug-likeness (QED) is 0.833. The number of hydrogen-bond donors (Lipinski definition) is 2. The number of rotatable bonds is 6. The van der Waals surface area contributed by atoms with Crippen molar-refractivity contribution in [2.75, 3.05) is 25.0 Å². The summed E-state index contributed by atoms with van der Waals surface area (Å²) in [5.74, 6) is -0.135. The van der Waals surface area contributed by atoms with E-state index in [-0.39, 0.29) is 24.1 Å².